The molecular formula is C15H15ClN2O2. The SMILES string of the molecule is Cc1cc(Cl)ccc1OC(C)C(=O)Nc1ccccn1. The fourth-order valence-corrected chi connectivity index (χ4v) is 1.88. The number of carbonyl (C=O) groups is 1. The summed E-state index contributed by atoms with van der Waals surface area (Å²) in [6, 6.07) is 10.6. The summed E-state index contributed by atoms with van der Waals surface area (Å²) in [6.07, 6.45) is 0.988. The van der Waals surface area contributed by atoms with Gasteiger partial charge < -0.3 is 10.1 Å². The number of aromatic nitrogens is 1. The summed E-state index contributed by atoms with van der Waals surface area (Å²) < 4.78 is 5.64. The topological polar surface area (TPSA) is 51.2 Å². The Balaban J connectivity index is 2.00. The summed E-state index contributed by atoms with van der Waals surface area (Å²) in [5.41, 5.74) is 0.884. The number of amides is 1. The van der Waals surface area contributed by atoms with Gasteiger partial charge in [-0.3, -0.25) is 4.79 Å². The highest BCUT2D eigenvalue weighted by atomic mass is 35.5. The molecule has 1 atom stereocenters. The Morgan fingerprint density at radius 3 is 2.80 bits per heavy atom. The summed E-state index contributed by atoms with van der Waals surface area (Å²) in [6.45, 7) is 3.57. The number of nitrogens with one attached hydrogen (secondary N) is 1. The van der Waals surface area contributed by atoms with E-state index in [-0.39, 0.29) is 5.91 Å². The van der Waals surface area contributed by atoms with E-state index < -0.39 is 6.10 Å². The number of benzene rings is 1. The molecule has 0 aliphatic carbocycles. The van der Waals surface area contributed by atoms with Crippen LogP contribution in [0.5, 0.6) is 5.75 Å². The summed E-state index contributed by atoms with van der Waals surface area (Å²) in [4.78, 5) is 16.0. The van der Waals surface area contributed by atoms with Crippen molar-refractivity contribution in [3.63, 3.8) is 0 Å². The van der Waals surface area contributed by atoms with Gasteiger partial charge in [-0.2, -0.15) is 0 Å². The molecule has 2 aromatic rings. The van der Waals surface area contributed by atoms with Gasteiger partial charge in [-0.25, -0.2) is 4.98 Å². The molecule has 0 aliphatic rings. The molecule has 1 amide bonds. The van der Waals surface area contributed by atoms with E-state index in [1.165, 1.54) is 0 Å². The van der Waals surface area contributed by atoms with Crippen molar-refractivity contribution < 1.29 is 9.53 Å². The number of aryl methyl sites for hydroxylation is 1. The Bertz CT molecular complexity index is 602. The van der Waals surface area contributed by atoms with Crippen LogP contribution in [0.1, 0.15) is 12.5 Å². The van der Waals surface area contributed by atoms with Crippen molar-refractivity contribution in [2.45, 2.75) is 20.0 Å². The second kappa shape index (κ2) is 6.39. The van der Waals surface area contributed by atoms with Crippen molar-refractivity contribution in [2.24, 2.45) is 0 Å². The van der Waals surface area contributed by atoms with Crippen molar-refractivity contribution >= 4 is 23.3 Å². The number of anilines is 1. The summed E-state index contributed by atoms with van der Waals surface area (Å²) in [5, 5.41) is 3.33. The lowest BCUT2D eigenvalue weighted by Crippen LogP contribution is -2.30. The third kappa shape index (κ3) is 3.71. The monoisotopic (exact) mass is 290 g/mol. The first-order valence-corrected chi connectivity index (χ1v) is 6.59. The molecule has 1 heterocycles. The zero-order valence-corrected chi connectivity index (χ0v) is 12.0. The van der Waals surface area contributed by atoms with Gasteiger partial charge in [0.25, 0.3) is 5.91 Å². The third-order valence-electron chi connectivity index (χ3n) is 2.73. The van der Waals surface area contributed by atoms with Crippen molar-refractivity contribution in [1.82, 2.24) is 4.98 Å². The molecule has 5 heteroatoms. The van der Waals surface area contributed by atoms with E-state index in [2.05, 4.69) is 10.3 Å². The molecule has 0 fully saturated rings. The fourth-order valence-electron chi connectivity index (χ4n) is 1.65. The standard InChI is InChI=1S/C15H15ClN2O2/c1-10-9-12(16)6-7-13(10)20-11(2)15(19)18-14-5-3-4-8-17-14/h3-9,11H,1-2H3,(H,17,18,19). The molecule has 1 aromatic carbocycles. The van der Waals surface area contributed by atoms with E-state index in [4.69, 9.17) is 16.3 Å². The molecule has 2 rings (SSSR count). The number of ether oxygens (including phenoxy) is 1. The predicted octanol–water partition coefficient (Wildman–Crippen LogP) is 3.45. The second-order valence-corrected chi connectivity index (χ2v) is 4.81. The normalized spacial score (nSPS) is 11.8. The molecule has 1 unspecified atom stereocenters. The summed E-state index contributed by atoms with van der Waals surface area (Å²) in [7, 11) is 0. The molecule has 0 saturated carbocycles. The van der Waals surface area contributed by atoms with Crippen molar-refractivity contribution in [2.75, 3.05) is 5.32 Å². The number of pyridine rings is 1. The van der Waals surface area contributed by atoms with Crippen LogP contribution in [-0.2, 0) is 4.79 Å². The van der Waals surface area contributed by atoms with Crippen LogP contribution in [0.4, 0.5) is 5.82 Å². The van der Waals surface area contributed by atoms with E-state index >= 15 is 0 Å². The molecule has 1 N–H and O–H groups in total. The van der Waals surface area contributed by atoms with Crippen LogP contribution in [0, 0.1) is 6.92 Å². The quantitative estimate of drug-likeness (QED) is 0.938. The highest BCUT2D eigenvalue weighted by molar-refractivity contribution is 6.30. The molecule has 104 valence electrons. The Hall–Kier alpha value is -2.07. The van der Waals surface area contributed by atoms with Crippen LogP contribution in [0.15, 0.2) is 42.6 Å². The fraction of sp³-hybridized carbons (Fsp3) is 0.200. The summed E-state index contributed by atoms with van der Waals surface area (Å²) >= 11 is 5.88. The molecule has 20 heavy (non-hydrogen) atoms. The van der Waals surface area contributed by atoms with Gasteiger partial charge in [0.15, 0.2) is 6.10 Å². The molecule has 0 aliphatic heterocycles. The van der Waals surface area contributed by atoms with Gasteiger partial charge in [-0.1, -0.05) is 17.7 Å². The largest absolute Gasteiger partial charge is 0.481 e. The van der Waals surface area contributed by atoms with Crippen molar-refractivity contribution in [3.8, 4) is 5.75 Å². The summed E-state index contributed by atoms with van der Waals surface area (Å²) in [5.74, 6) is 0.886. The number of hydrogen-bond donors (Lipinski definition) is 1. The van der Waals surface area contributed by atoms with Gasteiger partial charge in [-0.15, -0.1) is 0 Å². The van der Waals surface area contributed by atoms with E-state index in [1.54, 1.807) is 49.5 Å². The average Bonchev–Trinajstić information content (AvgIpc) is 2.43. The van der Waals surface area contributed by atoms with Crippen LogP contribution >= 0.6 is 11.6 Å². The molecule has 4 nitrogen and oxygen atoms in total. The zero-order chi connectivity index (χ0) is 14.5. The zero-order valence-electron chi connectivity index (χ0n) is 11.3. The van der Waals surface area contributed by atoms with Gasteiger partial charge in [-0.05, 0) is 49.7 Å². The first-order valence-electron chi connectivity index (χ1n) is 6.21. The third-order valence-corrected chi connectivity index (χ3v) is 2.96. The number of halogens is 1. The van der Waals surface area contributed by atoms with E-state index in [9.17, 15) is 4.79 Å². The van der Waals surface area contributed by atoms with Gasteiger partial charge >= 0.3 is 0 Å². The molecule has 0 saturated heterocycles. The van der Waals surface area contributed by atoms with Gasteiger partial charge in [0.05, 0.1) is 0 Å². The Morgan fingerprint density at radius 1 is 1.35 bits per heavy atom. The highest BCUT2D eigenvalue weighted by Gasteiger charge is 2.16. The number of hydrogen-bond acceptors (Lipinski definition) is 3. The van der Waals surface area contributed by atoms with Gasteiger partial charge in [0, 0.05) is 11.2 Å². The molecule has 0 spiro atoms. The minimum Gasteiger partial charge on any atom is -0.481 e. The molecule has 0 radical (unpaired) electrons. The lowest BCUT2D eigenvalue weighted by Gasteiger charge is -2.16. The maximum absolute atomic E-state index is 12.0. The lowest BCUT2D eigenvalue weighted by molar-refractivity contribution is -0.122. The Labute approximate surface area is 122 Å². The van der Waals surface area contributed by atoms with Crippen LogP contribution in [-0.4, -0.2) is 17.0 Å². The van der Waals surface area contributed by atoms with E-state index in [1.807, 2.05) is 6.92 Å². The van der Waals surface area contributed by atoms with Crippen LogP contribution in [0.2, 0.25) is 5.02 Å². The molecular weight excluding hydrogens is 276 g/mol. The van der Waals surface area contributed by atoms with Crippen molar-refractivity contribution in [1.29, 1.82) is 0 Å². The predicted molar refractivity (Wildman–Crippen MR) is 79.1 cm³/mol. The maximum Gasteiger partial charge on any atom is 0.266 e. The van der Waals surface area contributed by atoms with Gasteiger partial charge in [0.2, 0.25) is 0 Å². The highest BCUT2D eigenvalue weighted by Crippen LogP contribution is 2.23. The number of carbonyl (C=O) groups excluding carboxylic acids is 1. The minimum atomic E-state index is -0.628. The number of nitrogens with zero attached hydrogens (tertiary/aromatic N) is 1. The first kappa shape index (κ1) is 14.3. The second-order valence-electron chi connectivity index (χ2n) is 4.37. The average molecular weight is 291 g/mol. The molecule has 0 bridgehead atoms. The smallest absolute Gasteiger partial charge is 0.266 e. The van der Waals surface area contributed by atoms with Crippen LogP contribution in [0.25, 0.3) is 0 Å². The first-order chi connectivity index (χ1) is 9.56. The van der Waals surface area contributed by atoms with Crippen molar-refractivity contribution in [3.05, 3.63) is 53.2 Å². The Kier molecular flexibility index (Phi) is 4.58. The van der Waals surface area contributed by atoms with Crippen LogP contribution < -0.4 is 10.1 Å². The van der Waals surface area contributed by atoms with E-state index in [0.717, 1.165) is 5.56 Å². The minimum absolute atomic E-state index is 0.252. The molecule has 1 aromatic heterocycles. The lowest BCUT2D eigenvalue weighted by atomic mass is 10.2. The maximum atomic E-state index is 12.0. The van der Waals surface area contributed by atoms with E-state index in [0.29, 0.717) is 16.6 Å². The van der Waals surface area contributed by atoms with Crippen LogP contribution in [0.3, 0.4) is 0 Å². The number of rotatable bonds is 4. The Morgan fingerprint density at radius 2 is 2.15 bits per heavy atom. The van der Waals surface area contributed by atoms with Gasteiger partial charge in [0.1, 0.15) is 11.6 Å².